The van der Waals surface area contributed by atoms with Crippen LogP contribution in [0, 0.1) is 0 Å². The molecule has 0 aliphatic carbocycles. The number of likely N-dealkylation sites (tertiary alicyclic amines) is 2. The Morgan fingerprint density at radius 2 is 1.81 bits per heavy atom. The Morgan fingerprint density at radius 3 is 2.55 bits per heavy atom. The molecule has 2 N–H and O–H groups in total. The number of aromatic nitrogens is 1. The number of hydrogen-bond donors (Lipinski definition) is 2. The number of rotatable bonds is 9. The number of carbonyl (C=O) groups excluding carboxylic acids is 2. The Labute approximate surface area is 182 Å². The number of carboxylic acid groups (broad SMARTS) is 1. The second-order valence-electron chi connectivity index (χ2n) is 8.78. The molecular formula is C24H31N3O4. The molecule has 0 saturated carbocycles. The lowest BCUT2D eigenvalue weighted by Crippen LogP contribution is -2.45. The first-order valence-electron chi connectivity index (χ1n) is 11.4. The van der Waals surface area contributed by atoms with E-state index in [1.807, 2.05) is 12.1 Å². The van der Waals surface area contributed by atoms with Crippen molar-refractivity contribution >= 4 is 28.7 Å². The lowest BCUT2D eigenvalue weighted by Gasteiger charge is -2.34. The van der Waals surface area contributed by atoms with Crippen LogP contribution in [-0.2, 0) is 14.4 Å². The van der Waals surface area contributed by atoms with Crippen LogP contribution < -0.4 is 0 Å². The molecule has 1 aromatic carbocycles. The fourth-order valence-electron chi connectivity index (χ4n) is 4.92. The summed E-state index contributed by atoms with van der Waals surface area (Å²) in [5.41, 5.74) is 2.43. The highest BCUT2D eigenvalue weighted by atomic mass is 16.4. The van der Waals surface area contributed by atoms with Crippen molar-refractivity contribution < 1.29 is 19.5 Å². The number of amides is 2. The van der Waals surface area contributed by atoms with Gasteiger partial charge in [0.1, 0.15) is 0 Å². The number of imide groups is 1. The zero-order valence-corrected chi connectivity index (χ0v) is 17.9. The molecule has 1 unspecified atom stereocenters. The summed E-state index contributed by atoms with van der Waals surface area (Å²) >= 11 is 0. The van der Waals surface area contributed by atoms with Crippen LogP contribution >= 0.6 is 0 Å². The summed E-state index contributed by atoms with van der Waals surface area (Å²) in [5, 5.41) is 9.91. The third-order valence-corrected chi connectivity index (χ3v) is 6.70. The van der Waals surface area contributed by atoms with Crippen molar-refractivity contribution in [2.45, 2.75) is 63.3 Å². The highest BCUT2D eigenvalue weighted by Gasteiger charge is 2.42. The number of hydrogen-bond acceptors (Lipinski definition) is 4. The SMILES string of the molecule is O=C(O)CCCCCCN1C(=O)CC(N2CCC(c3cc4ccccc4[nH]3)CC2)C1=O. The number of nitrogens with zero attached hydrogens (tertiary/aromatic N) is 2. The summed E-state index contributed by atoms with van der Waals surface area (Å²) in [4.78, 5) is 43.0. The predicted octanol–water partition coefficient (Wildman–Crippen LogP) is 3.51. The number of nitrogens with one attached hydrogen (secondary N) is 1. The minimum absolute atomic E-state index is 0.0559. The Morgan fingerprint density at radius 1 is 1.06 bits per heavy atom. The normalized spacial score (nSPS) is 20.8. The van der Waals surface area contributed by atoms with Crippen LogP contribution in [0.15, 0.2) is 30.3 Å². The summed E-state index contributed by atoms with van der Waals surface area (Å²) in [5.74, 6) is -0.448. The summed E-state index contributed by atoms with van der Waals surface area (Å²) in [6.45, 7) is 2.10. The summed E-state index contributed by atoms with van der Waals surface area (Å²) in [6, 6.07) is 10.2. The average molecular weight is 426 g/mol. The minimum atomic E-state index is -0.777. The van der Waals surface area contributed by atoms with E-state index in [1.54, 1.807) is 0 Å². The van der Waals surface area contributed by atoms with Crippen LogP contribution in [0.1, 0.15) is 63.0 Å². The fourth-order valence-corrected chi connectivity index (χ4v) is 4.92. The second kappa shape index (κ2) is 9.64. The molecule has 1 atom stereocenters. The molecule has 0 radical (unpaired) electrons. The monoisotopic (exact) mass is 425 g/mol. The van der Waals surface area contributed by atoms with Crippen LogP contribution in [0.3, 0.4) is 0 Å². The van der Waals surface area contributed by atoms with Gasteiger partial charge in [-0.15, -0.1) is 0 Å². The minimum Gasteiger partial charge on any atom is -0.481 e. The zero-order valence-electron chi connectivity index (χ0n) is 17.9. The highest BCUT2D eigenvalue weighted by Crippen LogP contribution is 2.32. The van der Waals surface area contributed by atoms with Gasteiger partial charge in [0.15, 0.2) is 0 Å². The van der Waals surface area contributed by atoms with Crippen LogP contribution in [-0.4, -0.2) is 63.4 Å². The Bertz CT molecular complexity index is 912. The van der Waals surface area contributed by atoms with Gasteiger partial charge in [0.2, 0.25) is 11.8 Å². The number of piperidine rings is 1. The van der Waals surface area contributed by atoms with Gasteiger partial charge in [-0.3, -0.25) is 24.2 Å². The van der Waals surface area contributed by atoms with Crippen molar-refractivity contribution in [3.63, 3.8) is 0 Å². The van der Waals surface area contributed by atoms with Gasteiger partial charge in [0.05, 0.1) is 12.5 Å². The zero-order chi connectivity index (χ0) is 21.8. The topological polar surface area (TPSA) is 93.7 Å². The number of aromatic amines is 1. The quantitative estimate of drug-likeness (QED) is 0.474. The molecule has 1 aromatic heterocycles. The molecule has 7 heteroatoms. The number of para-hydroxylation sites is 1. The van der Waals surface area contributed by atoms with Crippen molar-refractivity contribution in [2.24, 2.45) is 0 Å². The van der Waals surface area contributed by atoms with Gasteiger partial charge < -0.3 is 10.1 Å². The molecule has 2 amide bonds. The number of aliphatic carboxylic acids is 1. The van der Waals surface area contributed by atoms with Gasteiger partial charge in [-0.25, -0.2) is 0 Å². The molecule has 2 aliphatic heterocycles. The number of carboxylic acids is 1. The molecule has 7 nitrogen and oxygen atoms in total. The average Bonchev–Trinajstić information content (AvgIpc) is 3.32. The number of H-pyrrole nitrogens is 1. The van der Waals surface area contributed by atoms with E-state index in [4.69, 9.17) is 5.11 Å². The second-order valence-corrected chi connectivity index (χ2v) is 8.78. The van der Waals surface area contributed by atoms with Gasteiger partial charge in [-0.05, 0) is 56.3 Å². The number of fused-ring (bicyclic) bond motifs is 1. The molecular weight excluding hydrogens is 394 g/mol. The summed E-state index contributed by atoms with van der Waals surface area (Å²) < 4.78 is 0. The predicted molar refractivity (Wildman–Crippen MR) is 118 cm³/mol. The maximum Gasteiger partial charge on any atom is 0.303 e. The van der Waals surface area contributed by atoms with E-state index >= 15 is 0 Å². The van der Waals surface area contributed by atoms with E-state index in [0.717, 1.165) is 50.7 Å². The smallest absolute Gasteiger partial charge is 0.303 e. The van der Waals surface area contributed by atoms with E-state index in [1.165, 1.54) is 16.0 Å². The summed E-state index contributed by atoms with van der Waals surface area (Å²) in [6.07, 6.45) is 5.46. The Balaban J connectivity index is 1.25. The maximum absolute atomic E-state index is 12.9. The molecule has 4 rings (SSSR count). The Hall–Kier alpha value is -2.67. The summed E-state index contributed by atoms with van der Waals surface area (Å²) in [7, 11) is 0. The largest absolute Gasteiger partial charge is 0.481 e. The first-order valence-corrected chi connectivity index (χ1v) is 11.4. The lowest BCUT2D eigenvalue weighted by molar-refractivity contribution is -0.140. The van der Waals surface area contributed by atoms with Gasteiger partial charge in [-0.1, -0.05) is 31.0 Å². The molecule has 31 heavy (non-hydrogen) atoms. The molecule has 0 bridgehead atoms. The third-order valence-electron chi connectivity index (χ3n) is 6.70. The standard InChI is InChI=1S/C24H31N3O4/c28-22-16-21(24(31)27(22)12-6-2-1-3-9-23(29)30)26-13-10-17(11-14-26)20-15-18-7-4-5-8-19(18)25-20/h4-5,7-8,15,17,21,25H,1-3,6,9-14,16H2,(H,29,30). The van der Waals surface area contributed by atoms with Crippen LogP contribution in [0.5, 0.6) is 0 Å². The van der Waals surface area contributed by atoms with Crippen LogP contribution in [0.4, 0.5) is 0 Å². The Kier molecular flexibility index (Phi) is 6.70. The lowest BCUT2D eigenvalue weighted by atomic mass is 9.92. The highest BCUT2D eigenvalue weighted by molar-refractivity contribution is 6.05. The fraction of sp³-hybridized carbons (Fsp3) is 0.542. The molecule has 2 aromatic rings. The van der Waals surface area contributed by atoms with E-state index in [0.29, 0.717) is 18.9 Å². The molecule has 2 saturated heterocycles. The van der Waals surface area contributed by atoms with E-state index in [2.05, 4.69) is 28.1 Å². The van der Waals surface area contributed by atoms with Crippen LogP contribution in [0.25, 0.3) is 10.9 Å². The molecule has 2 aliphatic rings. The molecule has 0 spiro atoms. The molecule has 166 valence electrons. The first-order chi connectivity index (χ1) is 15.0. The van der Waals surface area contributed by atoms with Crippen molar-refractivity contribution in [1.29, 1.82) is 0 Å². The van der Waals surface area contributed by atoms with Gasteiger partial charge in [0.25, 0.3) is 0 Å². The van der Waals surface area contributed by atoms with E-state index in [-0.39, 0.29) is 30.7 Å². The molecule has 3 heterocycles. The van der Waals surface area contributed by atoms with Crippen molar-refractivity contribution in [1.82, 2.24) is 14.8 Å². The van der Waals surface area contributed by atoms with E-state index in [9.17, 15) is 14.4 Å². The van der Waals surface area contributed by atoms with Crippen molar-refractivity contribution in [3.8, 4) is 0 Å². The molecule has 2 fully saturated rings. The number of benzene rings is 1. The van der Waals surface area contributed by atoms with Crippen molar-refractivity contribution in [2.75, 3.05) is 19.6 Å². The van der Waals surface area contributed by atoms with Gasteiger partial charge >= 0.3 is 5.97 Å². The maximum atomic E-state index is 12.9. The number of carbonyl (C=O) groups is 3. The first kappa shape index (κ1) is 21.6. The van der Waals surface area contributed by atoms with Gasteiger partial charge in [-0.2, -0.15) is 0 Å². The van der Waals surface area contributed by atoms with Crippen molar-refractivity contribution in [3.05, 3.63) is 36.0 Å². The van der Waals surface area contributed by atoms with Crippen LogP contribution in [0.2, 0.25) is 0 Å². The third kappa shape index (κ3) is 4.98. The van der Waals surface area contributed by atoms with Gasteiger partial charge in [0, 0.05) is 30.1 Å². The van der Waals surface area contributed by atoms with E-state index < -0.39 is 5.97 Å². The number of unbranched alkanes of at least 4 members (excludes halogenated alkanes) is 3.